The number of methoxy groups -OCH3 is 1. The monoisotopic (exact) mass is 340 g/mol. The summed E-state index contributed by atoms with van der Waals surface area (Å²) in [5.41, 5.74) is 9.52. The molecule has 0 bridgehead atoms. The van der Waals surface area contributed by atoms with Crippen LogP contribution in [0, 0.1) is 6.92 Å². The Morgan fingerprint density at radius 3 is 2.75 bits per heavy atom. The van der Waals surface area contributed by atoms with Crippen LogP contribution in [0.25, 0.3) is 21.3 Å². The first-order valence-corrected chi connectivity index (χ1v) is 8.74. The second kappa shape index (κ2) is 6.61. The van der Waals surface area contributed by atoms with Crippen molar-refractivity contribution in [3.63, 3.8) is 0 Å². The highest BCUT2D eigenvalue weighted by Crippen LogP contribution is 2.39. The molecule has 0 saturated carbocycles. The van der Waals surface area contributed by atoms with Gasteiger partial charge in [-0.1, -0.05) is 25.5 Å². The molecule has 1 amide bonds. The number of ether oxygens (including phenoxy) is 1. The first-order chi connectivity index (χ1) is 11.6. The zero-order valence-electron chi connectivity index (χ0n) is 14.1. The predicted molar refractivity (Wildman–Crippen MR) is 98.9 cm³/mol. The average molecular weight is 340 g/mol. The van der Waals surface area contributed by atoms with Gasteiger partial charge < -0.3 is 10.5 Å². The number of carbonyl (C=O) groups excluding carboxylic acids is 1. The lowest BCUT2D eigenvalue weighted by Gasteiger charge is -2.11. The molecule has 2 aromatic heterocycles. The SMILES string of the molecule is CCCc1c(C(N)=O)sc2cnc(-c3ccccc3OC)c(C)c12. The molecule has 2 heterocycles. The maximum Gasteiger partial charge on any atom is 0.259 e. The number of nitrogens with two attached hydrogens (primary N) is 1. The lowest BCUT2D eigenvalue weighted by Crippen LogP contribution is -2.11. The second-order valence-electron chi connectivity index (χ2n) is 5.70. The first kappa shape index (κ1) is 16.5. The Morgan fingerprint density at radius 2 is 2.08 bits per heavy atom. The van der Waals surface area contributed by atoms with Gasteiger partial charge in [-0.15, -0.1) is 11.3 Å². The first-order valence-electron chi connectivity index (χ1n) is 7.92. The summed E-state index contributed by atoms with van der Waals surface area (Å²) in [6.45, 7) is 4.15. The number of para-hydroxylation sites is 1. The third-order valence-corrected chi connectivity index (χ3v) is 5.34. The molecule has 0 fully saturated rings. The number of hydrogen-bond acceptors (Lipinski definition) is 4. The molecule has 0 aliphatic heterocycles. The third-order valence-electron chi connectivity index (χ3n) is 4.16. The van der Waals surface area contributed by atoms with Crippen molar-refractivity contribution in [1.29, 1.82) is 0 Å². The molecule has 0 saturated heterocycles. The summed E-state index contributed by atoms with van der Waals surface area (Å²) < 4.78 is 6.48. The zero-order valence-corrected chi connectivity index (χ0v) is 14.9. The molecule has 3 aromatic rings. The standard InChI is InChI=1S/C19H20N2O2S/c1-4-7-13-16-11(2)17(12-8-5-6-9-14(12)23-3)21-10-15(16)24-18(13)19(20)22/h5-6,8-10H,4,7H2,1-3H3,(H2,20,22). The fourth-order valence-electron chi connectivity index (χ4n) is 3.12. The van der Waals surface area contributed by atoms with Crippen molar-refractivity contribution < 1.29 is 9.53 Å². The predicted octanol–water partition coefficient (Wildman–Crippen LogP) is 4.33. The molecular formula is C19H20N2O2S. The number of aryl methyl sites for hydroxylation is 2. The number of fused-ring (bicyclic) bond motifs is 1. The molecule has 0 unspecified atom stereocenters. The Labute approximate surface area is 145 Å². The van der Waals surface area contributed by atoms with E-state index in [0.29, 0.717) is 4.88 Å². The quantitative estimate of drug-likeness (QED) is 0.752. The summed E-state index contributed by atoms with van der Waals surface area (Å²) in [7, 11) is 1.66. The molecule has 24 heavy (non-hydrogen) atoms. The van der Waals surface area contributed by atoms with Gasteiger partial charge in [0.05, 0.1) is 22.4 Å². The number of pyridine rings is 1. The minimum atomic E-state index is -0.363. The van der Waals surface area contributed by atoms with Crippen LogP contribution in [0.5, 0.6) is 5.75 Å². The van der Waals surface area contributed by atoms with Crippen molar-refractivity contribution in [2.75, 3.05) is 7.11 Å². The lowest BCUT2D eigenvalue weighted by atomic mass is 9.98. The Morgan fingerprint density at radius 1 is 1.33 bits per heavy atom. The minimum Gasteiger partial charge on any atom is -0.496 e. The molecule has 2 N–H and O–H groups in total. The fourth-order valence-corrected chi connectivity index (χ4v) is 4.26. The molecule has 124 valence electrons. The van der Waals surface area contributed by atoms with Gasteiger partial charge in [0.1, 0.15) is 5.75 Å². The van der Waals surface area contributed by atoms with Crippen molar-refractivity contribution >= 4 is 27.3 Å². The number of aromatic nitrogens is 1. The second-order valence-corrected chi connectivity index (χ2v) is 6.75. The third kappa shape index (κ3) is 2.65. The van der Waals surface area contributed by atoms with Gasteiger partial charge >= 0.3 is 0 Å². The number of rotatable bonds is 5. The van der Waals surface area contributed by atoms with Crippen LogP contribution < -0.4 is 10.5 Å². The normalized spacial score (nSPS) is 11.0. The van der Waals surface area contributed by atoms with Gasteiger partial charge in [-0.05, 0) is 36.6 Å². The van der Waals surface area contributed by atoms with Crippen LogP contribution in [0.15, 0.2) is 30.5 Å². The number of primary amides is 1. The van der Waals surface area contributed by atoms with E-state index >= 15 is 0 Å². The zero-order chi connectivity index (χ0) is 17.3. The highest BCUT2D eigenvalue weighted by molar-refractivity contribution is 7.21. The average Bonchev–Trinajstić information content (AvgIpc) is 2.95. The molecule has 4 nitrogen and oxygen atoms in total. The summed E-state index contributed by atoms with van der Waals surface area (Å²) >= 11 is 1.43. The van der Waals surface area contributed by atoms with E-state index in [1.165, 1.54) is 11.3 Å². The molecule has 0 atom stereocenters. The van der Waals surface area contributed by atoms with Crippen LogP contribution in [0.1, 0.15) is 34.1 Å². The topological polar surface area (TPSA) is 65.2 Å². The summed E-state index contributed by atoms with van der Waals surface area (Å²) in [6.07, 6.45) is 3.62. The van der Waals surface area contributed by atoms with E-state index < -0.39 is 0 Å². The molecule has 1 aromatic carbocycles. The molecule has 3 rings (SSSR count). The van der Waals surface area contributed by atoms with Gasteiger partial charge in [-0.2, -0.15) is 0 Å². The van der Waals surface area contributed by atoms with Crippen molar-refractivity contribution in [3.05, 3.63) is 46.5 Å². The maximum absolute atomic E-state index is 11.8. The summed E-state index contributed by atoms with van der Waals surface area (Å²) in [5, 5.41) is 1.10. The van der Waals surface area contributed by atoms with Crippen LogP contribution in [-0.2, 0) is 6.42 Å². The van der Waals surface area contributed by atoms with Gasteiger partial charge in [0.15, 0.2) is 0 Å². The van der Waals surface area contributed by atoms with Crippen LogP contribution in [0.4, 0.5) is 0 Å². The number of carbonyl (C=O) groups is 1. The highest BCUT2D eigenvalue weighted by atomic mass is 32.1. The molecule has 0 spiro atoms. The van der Waals surface area contributed by atoms with Crippen LogP contribution in [-0.4, -0.2) is 18.0 Å². The van der Waals surface area contributed by atoms with Crippen molar-refractivity contribution in [2.24, 2.45) is 5.73 Å². The molecule has 0 aliphatic carbocycles. The van der Waals surface area contributed by atoms with Gasteiger partial charge in [0, 0.05) is 17.1 Å². The number of nitrogens with zero attached hydrogens (tertiary/aromatic N) is 1. The summed E-state index contributed by atoms with van der Waals surface area (Å²) in [4.78, 5) is 17.1. The number of thiophene rings is 1. The van der Waals surface area contributed by atoms with Crippen molar-refractivity contribution in [3.8, 4) is 17.0 Å². The maximum atomic E-state index is 11.8. The number of amides is 1. The van der Waals surface area contributed by atoms with Gasteiger partial charge in [0.2, 0.25) is 0 Å². The highest BCUT2D eigenvalue weighted by Gasteiger charge is 2.20. The van der Waals surface area contributed by atoms with Gasteiger partial charge in [0.25, 0.3) is 5.91 Å². The largest absolute Gasteiger partial charge is 0.496 e. The lowest BCUT2D eigenvalue weighted by molar-refractivity contribution is 0.100. The fraction of sp³-hybridized carbons (Fsp3) is 0.263. The van der Waals surface area contributed by atoms with Gasteiger partial charge in [-0.25, -0.2) is 0 Å². The van der Waals surface area contributed by atoms with E-state index in [1.807, 2.05) is 37.4 Å². The Bertz CT molecular complexity index is 915. The van der Waals surface area contributed by atoms with Crippen LogP contribution in [0.3, 0.4) is 0 Å². The Hall–Kier alpha value is -2.40. The molecular weight excluding hydrogens is 320 g/mol. The van der Waals surface area contributed by atoms with E-state index in [-0.39, 0.29) is 5.91 Å². The Balaban J connectivity index is 2.31. The van der Waals surface area contributed by atoms with Gasteiger partial charge in [-0.3, -0.25) is 9.78 Å². The van der Waals surface area contributed by atoms with E-state index in [0.717, 1.165) is 51.1 Å². The molecule has 5 heteroatoms. The molecule has 0 aliphatic rings. The van der Waals surface area contributed by atoms with E-state index in [4.69, 9.17) is 10.5 Å². The molecule has 0 radical (unpaired) electrons. The van der Waals surface area contributed by atoms with Crippen molar-refractivity contribution in [1.82, 2.24) is 4.98 Å². The van der Waals surface area contributed by atoms with E-state index in [9.17, 15) is 4.79 Å². The smallest absolute Gasteiger partial charge is 0.259 e. The number of hydrogen-bond donors (Lipinski definition) is 1. The summed E-state index contributed by atoms with van der Waals surface area (Å²) in [5.74, 6) is 0.424. The van der Waals surface area contributed by atoms with Crippen molar-refractivity contribution in [2.45, 2.75) is 26.7 Å². The van der Waals surface area contributed by atoms with E-state index in [2.05, 4.69) is 11.9 Å². The summed E-state index contributed by atoms with van der Waals surface area (Å²) in [6, 6.07) is 7.84. The van der Waals surface area contributed by atoms with Crippen LogP contribution in [0.2, 0.25) is 0 Å². The Kier molecular flexibility index (Phi) is 4.53. The number of benzene rings is 1. The minimum absolute atomic E-state index is 0.363. The van der Waals surface area contributed by atoms with E-state index in [1.54, 1.807) is 7.11 Å². The van der Waals surface area contributed by atoms with Crippen LogP contribution >= 0.6 is 11.3 Å².